The fraction of sp³-hybridized carbons (Fsp3) is 0.100. The Bertz CT molecular complexity index is 1470. The first-order valence-corrected chi connectivity index (χ1v) is 13.2. The van der Waals surface area contributed by atoms with Crippen LogP contribution in [0.4, 0.5) is 5.13 Å². The first kappa shape index (κ1) is 22.0. The van der Waals surface area contributed by atoms with E-state index in [0.29, 0.717) is 5.39 Å². The third-order valence-electron chi connectivity index (χ3n) is 4.34. The topological polar surface area (TPSA) is 135 Å². The number of benzene rings is 2. The average molecular weight is 492 g/mol. The number of anilines is 1. The lowest BCUT2D eigenvalue weighted by atomic mass is 10.1. The van der Waals surface area contributed by atoms with E-state index in [4.69, 9.17) is 4.42 Å². The van der Waals surface area contributed by atoms with Crippen molar-refractivity contribution in [2.24, 2.45) is 0 Å². The van der Waals surface area contributed by atoms with E-state index in [-0.39, 0.29) is 27.9 Å². The van der Waals surface area contributed by atoms with E-state index in [9.17, 15) is 21.6 Å². The molecule has 4 rings (SSSR count). The molecule has 0 bridgehead atoms. The fourth-order valence-electron chi connectivity index (χ4n) is 3.03. The third kappa shape index (κ3) is 5.15. The Hall–Kier alpha value is -3.22. The number of nitrogens with zero attached hydrogens (tertiary/aromatic N) is 1. The number of fused-ring (bicyclic) bond motifs is 1. The Morgan fingerprint density at radius 2 is 1.78 bits per heavy atom. The Morgan fingerprint density at radius 3 is 2.56 bits per heavy atom. The molecule has 0 saturated carbocycles. The maximum absolute atomic E-state index is 12.9. The molecule has 2 aromatic carbocycles. The van der Waals surface area contributed by atoms with Crippen molar-refractivity contribution < 1.29 is 26.0 Å². The van der Waals surface area contributed by atoms with Gasteiger partial charge in [-0.3, -0.25) is 14.2 Å². The summed E-state index contributed by atoms with van der Waals surface area (Å²) in [7, 11) is -7.85. The molecule has 1 amide bonds. The predicted molar refractivity (Wildman–Crippen MR) is 120 cm³/mol. The molecule has 0 aliphatic carbocycles. The molecule has 12 heteroatoms. The van der Waals surface area contributed by atoms with Crippen LogP contribution in [-0.4, -0.2) is 27.7 Å². The van der Waals surface area contributed by atoms with E-state index in [1.54, 1.807) is 24.3 Å². The van der Waals surface area contributed by atoms with Gasteiger partial charge in [0.15, 0.2) is 5.13 Å². The predicted octanol–water partition coefficient (Wildman–Crippen LogP) is 2.88. The SMILES string of the molecule is O=C(Cc1csc(NS(=O)(=O)c2cccc3ccccc23)n1)NS(=O)(=O)Cc1ccco1. The molecule has 0 aliphatic rings. The van der Waals surface area contributed by atoms with Crippen LogP contribution in [0.3, 0.4) is 0 Å². The Morgan fingerprint density at radius 1 is 1.00 bits per heavy atom. The number of thiazole rings is 1. The van der Waals surface area contributed by atoms with Crippen molar-refractivity contribution in [2.45, 2.75) is 17.1 Å². The average Bonchev–Trinajstić information content (AvgIpc) is 3.38. The Kier molecular flexibility index (Phi) is 6.00. The third-order valence-corrected chi connectivity index (χ3v) is 7.87. The van der Waals surface area contributed by atoms with Gasteiger partial charge in [0, 0.05) is 10.8 Å². The van der Waals surface area contributed by atoms with Crippen LogP contribution < -0.4 is 9.44 Å². The van der Waals surface area contributed by atoms with Crippen molar-refractivity contribution in [3.63, 3.8) is 0 Å². The second-order valence-corrected chi connectivity index (χ2v) is 11.0. The largest absolute Gasteiger partial charge is 0.468 e. The number of aromatic nitrogens is 1. The number of nitrogens with one attached hydrogen (secondary N) is 2. The first-order chi connectivity index (χ1) is 15.2. The van der Waals surface area contributed by atoms with Gasteiger partial charge in [0.05, 0.1) is 23.3 Å². The maximum atomic E-state index is 12.9. The molecule has 2 heterocycles. The Balaban J connectivity index is 1.44. The number of hydrogen-bond acceptors (Lipinski definition) is 8. The molecule has 0 saturated heterocycles. The zero-order valence-corrected chi connectivity index (χ0v) is 18.8. The standard InChI is InChI=1S/C20H17N3O6S3/c24-19(22-31(25,26)13-16-7-4-10-29-16)11-15-12-30-20(21-15)23-32(27,28)18-9-3-6-14-5-1-2-8-17(14)18/h1-10,12H,11,13H2,(H,21,23)(H,22,24). The monoisotopic (exact) mass is 491 g/mol. The summed E-state index contributed by atoms with van der Waals surface area (Å²) >= 11 is 0.994. The molecule has 0 atom stereocenters. The number of amides is 1. The molecule has 0 aliphatic heterocycles. The molecule has 0 unspecified atom stereocenters. The number of sulfonamides is 2. The molecule has 4 aromatic rings. The second-order valence-electron chi connectivity index (χ2n) is 6.77. The minimum Gasteiger partial charge on any atom is -0.468 e. The van der Waals surface area contributed by atoms with E-state index in [1.807, 2.05) is 22.9 Å². The first-order valence-electron chi connectivity index (χ1n) is 9.22. The summed E-state index contributed by atoms with van der Waals surface area (Å²) in [5.74, 6) is -1.06. The fourth-order valence-corrected chi connectivity index (χ4v) is 6.25. The highest BCUT2D eigenvalue weighted by Crippen LogP contribution is 2.26. The summed E-state index contributed by atoms with van der Waals surface area (Å²) in [5, 5.41) is 2.90. The number of carbonyl (C=O) groups is 1. The van der Waals surface area contributed by atoms with Gasteiger partial charge in [-0.15, -0.1) is 11.3 Å². The van der Waals surface area contributed by atoms with Gasteiger partial charge >= 0.3 is 0 Å². The van der Waals surface area contributed by atoms with Gasteiger partial charge in [0.2, 0.25) is 15.9 Å². The van der Waals surface area contributed by atoms with Gasteiger partial charge in [0.25, 0.3) is 10.0 Å². The van der Waals surface area contributed by atoms with Gasteiger partial charge < -0.3 is 4.42 Å². The molecule has 9 nitrogen and oxygen atoms in total. The van der Waals surface area contributed by atoms with E-state index in [2.05, 4.69) is 9.71 Å². The molecular weight excluding hydrogens is 474 g/mol. The summed E-state index contributed by atoms with van der Waals surface area (Å²) in [6.45, 7) is 0. The van der Waals surface area contributed by atoms with E-state index >= 15 is 0 Å². The summed E-state index contributed by atoms with van der Waals surface area (Å²) in [4.78, 5) is 16.3. The molecule has 32 heavy (non-hydrogen) atoms. The molecule has 166 valence electrons. The summed E-state index contributed by atoms with van der Waals surface area (Å²) in [6, 6.07) is 15.1. The van der Waals surface area contributed by atoms with E-state index < -0.39 is 31.7 Å². The normalized spacial score (nSPS) is 12.0. The van der Waals surface area contributed by atoms with E-state index in [1.165, 1.54) is 23.8 Å². The molecular formula is C20H17N3O6S3. The minimum absolute atomic E-state index is 0.0687. The molecule has 2 N–H and O–H groups in total. The van der Waals surface area contributed by atoms with Crippen molar-refractivity contribution in [3.05, 3.63) is 77.7 Å². The van der Waals surface area contributed by atoms with Crippen LogP contribution in [0.15, 0.2) is 75.6 Å². The van der Waals surface area contributed by atoms with Crippen molar-refractivity contribution in [1.82, 2.24) is 9.71 Å². The van der Waals surface area contributed by atoms with Crippen LogP contribution in [0.5, 0.6) is 0 Å². The lowest BCUT2D eigenvalue weighted by molar-refractivity contribution is -0.118. The molecule has 0 fully saturated rings. The van der Waals surface area contributed by atoms with Gasteiger partial charge in [-0.05, 0) is 23.6 Å². The van der Waals surface area contributed by atoms with Gasteiger partial charge in [0.1, 0.15) is 11.5 Å². The van der Waals surface area contributed by atoms with Crippen LogP contribution in [0.25, 0.3) is 10.8 Å². The lowest BCUT2D eigenvalue weighted by Gasteiger charge is -2.08. The van der Waals surface area contributed by atoms with Gasteiger partial charge in [-0.25, -0.2) is 21.8 Å². The summed E-state index contributed by atoms with van der Waals surface area (Å²) < 4.78 is 59.2. The second kappa shape index (κ2) is 8.73. The number of furan rings is 1. The van der Waals surface area contributed by atoms with Crippen LogP contribution in [-0.2, 0) is 37.0 Å². The highest BCUT2D eigenvalue weighted by atomic mass is 32.2. The quantitative estimate of drug-likeness (QED) is 0.387. The smallest absolute Gasteiger partial charge is 0.264 e. The van der Waals surface area contributed by atoms with Gasteiger partial charge in [-0.1, -0.05) is 36.4 Å². The van der Waals surface area contributed by atoms with Crippen molar-refractivity contribution in [3.8, 4) is 0 Å². The highest BCUT2D eigenvalue weighted by molar-refractivity contribution is 7.93. The van der Waals surface area contributed by atoms with Crippen molar-refractivity contribution in [2.75, 3.05) is 4.72 Å². The number of rotatable bonds is 8. The summed E-state index contributed by atoms with van der Waals surface area (Å²) in [6.07, 6.45) is 1.01. The molecule has 0 spiro atoms. The summed E-state index contributed by atoms with van der Waals surface area (Å²) in [5.41, 5.74) is 0.233. The van der Waals surface area contributed by atoms with Crippen molar-refractivity contribution >= 4 is 53.2 Å². The molecule has 2 aromatic heterocycles. The van der Waals surface area contributed by atoms with Crippen LogP contribution >= 0.6 is 11.3 Å². The van der Waals surface area contributed by atoms with Crippen LogP contribution in [0.2, 0.25) is 0 Å². The van der Waals surface area contributed by atoms with E-state index in [0.717, 1.165) is 16.7 Å². The van der Waals surface area contributed by atoms with Crippen LogP contribution in [0, 0.1) is 0 Å². The zero-order chi connectivity index (χ0) is 22.8. The zero-order valence-electron chi connectivity index (χ0n) is 16.4. The Labute approximate surface area is 188 Å². The lowest BCUT2D eigenvalue weighted by Crippen LogP contribution is -2.32. The van der Waals surface area contributed by atoms with Crippen molar-refractivity contribution in [1.29, 1.82) is 0 Å². The number of hydrogen-bond donors (Lipinski definition) is 2. The minimum atomic E-state index is -3.93. The molecule has 0 radical (unpaired) electrons. The number of carbonyl (C=O) groups excluding carboxylic acids is 1. The van der Waals surface area contributed by atoms with Gasteiger partial charge in [-0.2, -0.15) is 0 Å². The highest BCUT2D eigenvalue weighted by Gasteiger charge is 2.21. The van der Waals surface area contributed by atoms with Crippen LogP contribution in [0.1, 0.15) is 11.5 Å². The maximum Gasteiger partial charge on any atom is 0.264 e.